The number of benzene rings is 2. The van der Waals surface area contributed by atoms with Gasteiger partial charge in [-0.3, -0.25) is 0 Å². The molecule has 0 aliphatic carbocycles. The highest BCUT2D eigenvalue weighted by Crippen LogP contribution is 2.44. The van der Waals surface area contributed by atoms with Crippen LogP contribution in [0, 0.1) is 11.6 Å². The van der Waals surface area contributed by atoms with Crippen molar-refractivity contribution in [2.75, 3.05) is 20.1 Å². The van der Waals surface area contributed by atoms with Crippen molar-refractivity contribution in [3.8, 4) is 5.75 Å². The molecule has 2 aromatic carbocycles. The highest BCUT2D eigenvalue weighted by Gasteiger charge is 2.44. The summed E-state index contributed by atoms with van der Waals surface area (Å²) < 4.78 is 61.9. The third-order valence-electron chi connectivity index (χ3n) is 5.58. The Kier molecular flexibility index (Phi) is 4.89. The van der Waals surface area contributed by atoms with Crippen molar-refractivity contribution in [3.63, 3.8) is 0 Å². The molecule has 2 aliphatic rings. The molecule has 1 fully saturated rings. The smallest absolute Gasteiger partial charge is 0.244 e. The second-order valence-electron chi connectivity index (χ2n) is 7.58. The van der Waals surface area contributed by atoms with Gasteiger partial charge in [-0.15, -0.1) is 0 Å². The van der Waals surface area contributed by atoms with Gasteiger partial charge in [0.25, 0.3) is 0 Å². The molecule has 0 unspecified atom stereocenters. The molecule has 1 spiro atoms. The van der Waals surface area contributed by atoms with E-state index in [0.29, 0.717) is 18.2 Å². The highest BCUT2D eigenvalue weighted by molar-refractivity contribution is 7.89. The Bertz CT molecular complexity index is 989. The third kappa shape index (κ3) is 3.64. The summed E-state index contributed by atoms with van der Waals surface area (Å²) in [4.78, 5) is 1.65. The largest absolute Gasteiger partial charge is 0.487 e. The van der Waals surface area contributed by atoms with Crippen LogP contribution in [-0.2, 0) is 10.0 Å². The predicted octanol–water partition coefficient (Wildman–Crippen LogP) is 3.23. The van der Waals surface area contributed by atoms with Crippen molar-refractivity contribution in [1.82, 2.24) is 9.62 Å². The zero-order valence-corrected chi connectivity index (χ0v) is 16.3. The van der Waals surface area contributed by atoms with E-state index >= 15 is 0 Å². The Morgan fingerprint density at radius 2 is 1.86 bits per heavy atom. The lowest BCUT2D eigenvalue weighted by Crippen LogP contribution is -2.51. The lowest BCUT2D eigenvalue weighted by atomic mass is 9.81. The molecule has 2 aromatic rings. The highest BCUT2D eigenvalue weighted by atomic mass is 32.2. The van der Waals surface area contributed by atoms with E-state index in [1.807, 2.05) is 31.3 Å². The Morgan fingerprint density at radius 1 is 1.14 bits per heavy atom. The number of likely N-dealkylation sites (tertiary alicyclic amines) is 1. The van der Waals surface area contributed by atoms with Crippen LogP contribution < -0.4 is 9.46 Å². The summed E-state index contributed by atoms with van der Waals surface area (Å²) in [5.41, 5.74) is 0.258. The van der Waals surface area contributed by atoms with Gasteiger partial charge < -0.3 is 9.64 Å². The summed E-state index contributed by atoms with van der Waals surface area (Å²) in [5, 5.41) is 0. The van der Waals surface area contributed by atoms with Gasteiger partial charge in [-0.25, -0.2) is 21.9 Å². The number of nitrogens with zero attached hydrogens (tertiary/aromatic N) is 1. The maximum absolute atomic E-state index is 14.1. The summed E-state index contributed by atoms with van der Waals surface area (Å²) >= 11 is 0. The maximum Gasteiger partial charge on any atom is 0.244 e. The fraction of sp³-hybridized carbons (Fsp3) is 0.400. The fourth-order valence-electron chi connectivity index (χ4n) is 4.00. The molecule has 0 aromatic heterocycles. The second-order valence-corrected chi connectivity index (χ2v) is 9.26. The Labute approximate surface area is 163 Å². The average molecular weight is 408 g/mol. The van der Waals surface area contributed by atoms with Gasteiger partial charge in [0.15, 0.2) is 0 Å². The first-order chi connectivity index (χ1) is 13.3. The van der Waals surface area contributed by atoms with Crippen molar-refractivity contribution in [2.24, 2.45) is 0 Å². The van der Waals surface area contributed by atoms with Gasteiger partial charge in [0.2, 0.25) is 10.0 Å². The van der Waals surface area contributed by atoms with Crippen LogP contribution in [0.1, 0.15) is 30.9 Å². The summed E-state index contributed by atoms with van der Waals surface area (Å²) in [5.74, 6) is -1.29. The SMILES string of the molecule is CN1CCC2(CC1)C[C@@H](NS(=O)(=O)c1ccc(F)cc1F)c1ccccc1O2. The number of hydrogen-bond acceptors (Lipinski definition) is 4. The minimum absolute atomic E-state index is 0.458. The van der Waals surface area contributed by atoms with Crippen molar-refractivity contribution in [3.05, 3.63) is 59.7 Å². The molecule has 5 nitrogen and oxygen atoms in total. The number of halogens is 2. The molecule has 2 aliphatic heterocycles. The summed E-state index contributed by atoms with van der Waals surface area (Å²) in [6.45, 7) is 1.71. The topological polar surface area (TPSA) is 58.6 Å². The molecule has 1 N–H and O–H groups in total. The Morgan fingerprint density at radius 3 is 2.57 bits per heavy atom. The number of ether oxygens (including phenoxy) is 1. The van der Waals surface area contributed by atoms with E-state index in [1.165, 1.54) is 0 Å². The molecule has 150 valence electrons. The summed E-state index contributed by atoms with van der Waals surface area (Å²) in [6.07, 6.45) is 2.02. The van der Waals surface area contributed by atoms with Crippen molar-refractivity contribution in [2.45, 2.75) is 35.8 Å². The van der Waals surface area contributed by atoms with Gasteiger partial charge in [0, 0.05) is 31.1 Å². The summed E-state index contributed by atoms with van der Waals surface area (Å²) in [6, 6.07) is 9.21. The molecule has 0 saturated carbocycles. The Balaban J connectivity index is 1.67. The average Bonchev–Trinajstić information content (AvgIpc) is 2.64. The van der Waals surface area contributed by atoms with Gasteiger partial charge in [0.1, 0.15) is 27.9 Å². The van der Waals surface area contributed by atoms with Gasteiger partial charge in [-0.05, 0) is 38.1 Å². The zero-order valence-electron chi connectivity index (χ0n) is 15.5. The van der Waals surface area contributed by atoms with Crippen LogP contribution in [0.25, 0.3) is 0 Å². The number of hydrogen-bond donors (Lipinski definition) is 1. The standard InChI is InChI=1S/C20H22F2N2O3S/c1-24-10-8-20(9-11-24)13-17(15-4-2-3-5-18(15)27-20)23-28(25,26)19-7-6-14(21)12-16(19)22/h2-7,12,17,23H,8-11,13H2,1H3/t17-/m1/s1. The normalized spacial score (nSPS) is 21.9. The molecule has 0 bridgehead atoms. The lowest BCUT2D eigenvalue weighted by molar-refractivity contribution is -0.0179. The quantitative estimate of drug-likeness (QED) is 0.847. The number of para-hydroxylation sites is 1. The Hall–Kier alpha value is -2.03. The molecule has 0 radical (unpaired) electrons. The second kappa shape index (κ2) is 7.09. The van der Waals surface area contributed by atoms with Crippen LogP contribution in [0.4, 0.5) is 8.78 Å². The fourth-order valence-corrected chi connectivity index (χ4v) is 5.27. The minimum atomic E-state index is -4.17. The van der Waals surface area contributed by atoms with Crippen LogP contribution in [-0.4, -0.2) is 39.1 Å². The molecule has 2 heterocycles. The van der Waals surface area contributed by atoms with Crippen LogP contribution in [0.3, 0.4) is 0 Å². The van der Waals surface area contributed by atoms with Crippen LogP contribution >= 0.6 is 0 Å². The summed E-state index contributed by atoms with van der Waals surface area (Å²) in [7, 11) is -2.13. The first-order valence-corrected chi connectivity index (χ1v) is 10.7. The first-order valence-electron chi connectivity index (χ1n) is 9.22. The van der Waals surface area contributed by atoms with E-state index in [9.17, 15) is 17.2 Å². The van der Waals surface area contributed by atoms with Gasteiger partial charge in [-0.1, -0.05) is 18.2 Å². The van der Waals surface area contributed by atoms with Crippen molar-refractivity contribution >= 4 is 10.0 Å². The van der Waals surface area contributed by atoms with Crippen LogP contribution in [0.15, 0.2) is 47.4 Å². The molecule has 0 amide bonds. The lowest BCUT2D eigenvalue weighted by Gasteiger charge is -2.46. The van der Waals surface area contributed by atoms with E-state index in [0.717, 1.165) is 43.6 Å². The van der Waals surface area contributed by atoms with Crippen LogP contribution in [0.5, 0.6) is 5.75 Å². The number of rotatable bonds is 3. The van der Waals surface area contributed by atoms with Crippen molar-refractivity contribution in [1.29, 1.82) is 0 Å². The minimum Gasteiger partial charge on any atom is -0.487 e. The zero-order chi connectivity index (χ0) is 19.9. The number of fused-ring (bicyclic) bond motifs is 1. The molecule has 4 rings (SSSR count). The molecule has 1 saturated heterocycles. The van der Waals surface area contributed by atoms with Crippen molar-refractivity contribution < 1.29 is 21.9 Å². The maximum atomic E-state index is 14.1. The number of nitrogens with one attached hydrogen (secondary N) is 1. The molecular weight excluding hydrogens is 386 g/mol. The van der Waals surface area contributed by atoms with Crippen LogP contribution in [0.2, 0.25) is 0 Å². The van der Waals surface area contributed by atoms with E-state index in [-0.39, 0.29) is 0 Å². The molecule has 1 atom stereocenters. The van der Waals surface area contributed by atoms with Gasteiger partial charge in [-0.2, -0.15) is 0 Å². The predicted molar refractivity (Wildman–Crippen MR) is 101 cm³/mol. The first kappa shape index (κ1) is 19.3. The van der Waals surface area contributed by atoms with E-state index < -0.39 is 38.2 Å². The molecule has 8 heteroatoms. The number of piperidine rings is 1. The van der Waals surface area contributed by atoms with Gasteiger partial charge >= 0.3 is 0 Å². The van der Waals surface area contributed by atoms with E-state index in [1.54, 1.807) is 0 Å². The van der Waals surface area contributed by atoms with E-state index in [2.05, 4.69) is 9.62 Å². The molecular formula is C20H22F2N2O3S. The molecule has 28 heavy (non-hydrogen) atoms. The van der Waals surface area contributed by atoms with Gasteiger partial charge in [0.05, 0.1) is 6.04 Å². The van der Waals surface area contributed by atoms with E-state index in [4.69, 9.17) is 4.74 Å². The monoisotopic (exact) mass is 408 g/mol. The number of sulfonamides is 1. The third-order valence-corrected chi connectivity index (χ3v) is 7.08.